The largest absolute Gasteiger partial charge is 0.354 e. The number of carbonyl (C=O) groups is 3. The Morgan fingerprint density at radius 3 is 2.41 bits per heavy atom. The van der Waals surface area contributed by atoms with E-state index in [0.29, 0.717) is 23.6 Å². The van der Waals surface area contributed by atoms with E-state index in [1.807, 2.05) is 12.1 Å². The van der Waals surface area contributed by atoms with Crippen LogP contribution in [0, 0.1) is 5.82 Å². The molecule has 0 radical (unpaired) electrons. The van der Waals surface area contributed by atoms with Gasteiger partial charge in [-0.25, -0.2) is 9.18 Å². The molecule has 1 saturated heterocycles. The molecule has 1 aliphatic heterocycles. The van der Waals surface area contributed by atoms with Crippen LogP contribution in [0.5, 0.6) is 0 Å². The fourth-order valence-corrected chi connectivity index (χ4v) is 3.47. The zero-order chi connectivity index (χ0) is 21.0. The van der Waals surface area contributed by atoms with E-state index < -0.39 is 29.2 Å². The molecule has 152 valence electrons. The molecule has 0 unspecified atom stereocenters. The maximum atomic E-state index is 13.2. The van der Waals surface area contributed by atoms with Gasteiger partial charge in [-0.1, -0.05) is 42.8 Å². The van der Waals surface area contributed by atoms with Crippen molar-refractivity contribution < 1.29 is 18.8 Å². The fraction of sp³-hybridized carbons (Fsp3) is 0.286. The Morgan fingerprint density at radius 1 is 1.14 bits per heavy atom. The standard InChI is InChI=1S/C21H21ClFN3O3/c1-2-21(15-5-9-17(23)10-6-15)19(28)26(20(29)25-21)13-18(27)24-12-11-14-3-7-16(22)8-4-14/h3-10H,2,11-13H2,1H3,(H,24,27)(H,25,29)/t21-/m1/s1. The van der Waals surface area contributed by atoms with Crippen molar-refractivity contribution in [2.75, 3.05) is 13.1 Å². The van der Waals surface area contributed by atoms with E-state index in [9.17, 15) is 18.8 Å². The summed E-state index contributed by atoms with van der Waals surface area (Å²) in [6.45, 7) is 1.73. The molecule has 6 nitrogen and oxygen atoms in total. The van der Waals surface area contributed by atoms with Gasteiger partial charge < -0.3 is 10.6 Å². The van der Waals surface area contributed by atoms with Gasteiger partial charge in [0.05, 0.1) is 0 Å². The van der Waals surface area contributed by atoms with E-state index in [1.165, 1.54) is 24.3 Å². The molecule has 29 heavy (non-hydrogen) atoms. The van der Waals surface area contributed by atoms with Crippen molar-refractivity contribution in [1.82, 2.24) is 15.5 Å². The Balaban J connectivity index is 1.62. The third-order valence-corrected chi connectivity index (χ3v) is 5.25. The second kappa shape index (κ2) is 8.61. The zero-order valence-corrected chi connectivity index (χ0v) is 16.6. The normalized spacial score (nSPS) is 18.7. The Morgan fingerprint density at radius 2 is 1.79 bits per heavy atom. The number of rotatable bonds is 7. The molecule has 1 fully saturated rings. The first-order valence-corrected chi connectivity index (χ1v) is 9.65. The van der Waals surface area contributed by atoms with Crippen molar-refractivity contribution >= 4 is 29.4 Å². The second-order valence-corrected chi connectivity index (χ2v) is 7.25. The molecule has 2 aromatic carbocycles. The Bertz CT molecular complexity index is 918. The van der Waals surface area contributed by atoms with Crippen molar-refractivity contribution in [2.24, 2.45) is 0 Å². The Hall–Kier alpha value is -2.93. The first-order chi connectivity index (χ1) is 13.9. The molecule has 0 spiro atoms. The van der Waals surface area contributed by atoms with E-state index in [1.54, 1.807) is 19.1 Å². The molecule has 0 aliphatic carbocycles. The number of benzene rings is 2. The monoisotopic (exact) mass is 417 g/mol. The third kappa shape index (κ3) is 4.40. The molecule has 1 atom stereocenters. The van der Waals surface area contributed by atoms with Gasteiger partial charge in [0.25, 0.3) is 5.91 Å². The highest BCUT2D eigenvalue weighted by molar-refractivity contribution is 6.30. The molecular weight excluding hydrogens is 397 g/mol. The van der Waals surface area contributed by atoms with Crippen LogP contribution in [-0.4, -0.2) is 35.8 Å². The number of nitrogens with zero attached hydrogens (tertiary/aromatic N) is 1. The summed E-state index contributed by atoms with van der Waals surface area (Å²) in [5.41, 5.74) is 0.186. The third-order valence-electron chi connectivity index (χ3n) is 4.99. The maximum Gasteiger partial charge on any atom is 0.325 e. The highest BCUT2D eigenvalue weighted by Crippen LogP contribution is 2.32. The van der Waals surface area contributed by atoms with E-state index in [2.05, 4.69) is 10.6 Å². The summed E-state index contributed by atoms with van der Waals surface area (Å²) in [5.74, 6) is -1.40. The minimum Gasteiger partial charge on any atom is -0.354 e. The first kappa shape index (κ1) is 20.8. The van der Waals surface area contributed by atoms with Crippen molar-refractivity contribution in [1.29, 1.82) is 0 Å². The van der Waals surface area contributed by atoms with Gasteiger partial charge in [0.2, 0.25) is 5.91 Å². The number of urea groups is 1. The van der Waals surface area contributed by atoms with Crippen molar-refractivity contribution in [3.05, 3.63) is 70.5 Å². The summed E-state index contributed by atoms with van der Waals surface area (Å²) in [6, 6.07) is 12.0. The number of amides is 4. The molecule has 2 N–H and O–H groups in total. The van der Waals surface area contributed by atoms with Crippen LogP contribution in [0.1, 0.15) is 24.5 Å². The molecule has 0 bridgehead atoms. The van der Waals surface area contributed by atoms with E-state index in [4.69, 9.17) is 11.6 Å². The fourth-order valence-electron chi connectivity index (χ4n) is 3.34. The first-order valence-electron chi connectivity index (χ1n) is 9.27. The highest BCUT2D eigenvalue weighted by atomic mass is 35.5. The number of nitrogens with one attached hydrogen (secondary N) is 2. The summed E-state index contributed by atoms with van der Waals surface area (Å²) in [5, 5.41) is 6.01. The average molecular weight is 418 g/mol. The van der Waals surface area contributed by atoms with E-state index in [-0.39, 0.29) is 13.0 Å². The highest BCUT2D eigenvalue weighted by Gasteiger charge is 2.51. The maximum absolute atomic E-state index is 13.2. The van der Waals surface area contributed by atoms with E-state index in [0.717, 1.165) is 10.5 Å². The number of imide groups is 1. The van der Waals surface area contributed by atoms with Gasteiger partial charge in [0, 0.05) is 11.6 Å². The van der Waals surface area contributed by atoms with Gasteiger partial charge >= 0.3 is 6.03 Å². The summed E-state index contributed by atoms with van der Waals surface area (Å²) in [6.07, 6.45) is 0.870. The van der Waals surface area contributed by atoms with Gasteiger partial charge in [0.15, 0.2) is 0 Å². The van der Waals surface area contributed by atoms with Crippen molar-refractivity contribution in [2.45, 2.75) is 25.3 Å². The molecule has 1 aliphatic rings. The Kier molecular flexibility index (Phi) is 6.17. The molecule has 8 heteroatoms. The van der Waals surface area contributed by atoms with Crippen LogP contribution >= 0.6 is 11.6 Å². The SMILES string of the molecule is CC[C@]1(c2ccc(F)cc2)NC(=O)N(CC(=O)NCCc2ccc(Cl)cc2)C1=O. The average Bonchev–Trinajstić information content (AvgIpc) is 2.95. The van der Waals surface area contributed by atoms with E-state index >= 15 is 0 Å². The number of hydrogen-bond acceptors (Lipinski definition) is 3. The van der Waals surface area contributed by atoms with Crippen LogP contribution < -0.4 is 10.6 Å². The summed E-state index contributed by atoms with van der Waals surface area (Å²) >= 11 is 5.84. The van der Waals surface area contributed by atoms with Gasteiger partial charge in [-0.3, -0.25) is 14.5 Å². The lowest BCUT2D eigenvalue weighted by Gasteiger charge is -2.25. The van der Waals surface area contributed by atoms with Crippen LogP contribution in [0.15, 0.2) is 48.5 Å². The van der Waals surface area contributed by atoms with Crippen LogP contribution in [-0.2, 0) is 21.5 Å². The summed E-state index contributed by atoms with van der Waals surface area (Å²) in [4.78, 5) is 38.5. The van der Waals surface area contributed by atoms with Gasteiger partial charge in [-0.15, -0.1) is 0 Å². The van der Waals surface area contributed by atoms with Crippen LogP contribution in [0.4, 0.5) is 9.18 Å². The van der Waals surface area contributed by atoms with Crippen LogP contribution in [0.3, 0.4) is 0 Å². The minimum atomic E-state index is -1.30. The van der Waals surface area contributed by atoms with Crippen LogP contribution in [0.25, 0.3) is 0 Å². The smallest absolute Gasteiger partial charge is 0.325 e. The molecule has 0 saturated carbocycles. The molecule has 2 aromatic rings. The predicted molar refractivity (Wildman–Crippen MR) is 107 cm³/mol. The lowest BCUT2D eigenvalue weighted by Crippen LogP contribution is -2.45. The molecular formula is C21H21ClFN3O3. The molecule has 3 rings (SSSR count). The van der Waals surface area contributed by atoms with Gasteiger partial charge in [0.1, 0.15) is 17.9 Å². The number of halogens is 2. The predicted octanol–water partition coefficient (Wildman–Crippen LogP) is 3.00. The second-order valence-electron chi connectivity index (χ2n) is 6.81. The topological polar surface area (TPSA) is 78.5 Å². The molecule has 4 amide bonds. The van der Waals surface area contributed by atoms with Crippen LogP contribution in [0.2, 0.25) is 5.02 Å². The minimum absolute atomic E-state index is 0.276. The lowest BCUT2D eigenvalue weighted by molar-refractivity contribution is -0.135. The lowest BCUT2D eigenvalue weighted by atomic mass is 9.87. The zero-order valence-electron chi connectivity index (χ0n) is 15.9. The van der Waals surface area contributed by atoms with Crippen molar-refractivity contribution in [3.63, 3.8) is 0 Å². The van der Waals surface area contributed by atoms with Gasteiger partial charge in [-0.2, -0.15) is 0 Å². The summed E-state index contributed by atoms with van der Waals surface area (Å²) < 4.78 is 13.2. The quantitative estimate of drug-likeness (QED) is 0.680. The summed E-state index contributed by atoms with van der Waals surface area (Å²) in [7, 11) is 0. The van der Waals surface area contributed by atoms with Gasteiger partial charge in [-0.05, 0) is 48.2 Å². The molecule has 0 aromatic heterocycles. The Labute approximate surface area is 173 Å². The number of carbonyl (C=O) groups excluding carboxylic acids is 3. The number of hydrogen-bond donors (Lipinski definition) is 2. The van der Waals surface area contributed by atoms with Crippen molar-refractivity contribution in [3.8, 4) is 0 Å². The molecule has 1 heterocycles.